The molecule has 2 aliphatic carbocycles. The van der Waals surface area contributed by atoms with Gasteiger partial charge in [0.05, 0.1) is 18.2 Å². The minimum absolute atomic E-state index is 0.297. The zero-order valence-electron chi connectivity index (χ0n) is 14.7. The Balaban J connectivity index is 1.52. The topological polar surface area (TPSA) is 38.8 Å². The highest BCUT2D eigenvalue weighted by Crippen LogP contribution is 2.43. The van der Waals surface area contributed by atoms with Gasteiger partial charge in [-0.15, -0.1) is 11.3 Å². The van der Waals surface area contributed by atoms with Crippen LogP contribution < -0.4 is 4.90 Å². The summed E-state index contributed by atoms with van der Waals surface area (Å²) >= 11 is 1.85. The van der Waals surface area contributed by atoms with E-state index in [-0.39, 0.29) is 5.79 Å². The van der Waals surface area contributed by atoms with E-state index in [0.717, 1.165) is 63.7 Å². The van der Waals surface area contributed by atoms with Gasteiger partial charge in [-0.25, -0.2) is 0 Å². The summed E-state index contributed by atoms with van der Waals surface area (Å²) in [5, 5.41) is 1.30. The Labute approximate surface area is 148 Å². The minimum atomic E-state index is -0.297. The Kier molecular flexibility index (Phi) is 4.43. The first kappa shape index (κ1) is 16.6. The largest absolute Gasteiger partial charge is 0.363 e. The summed E-state index contributed by atoms with van der Waals surface area (Å²) in [7, 11) is 2.20. The lowest BCUT2D eigenvalue weighted by Gasteiger charge is -2.39. The van der Waals surface area contributed by atoms with E-state index in [1.54, 1.807) is 0 Å². The van der Waals surface area contributed by atoms with Gasteiger partial charge in [0.15, 0.2) is 11.6 Å². The maximum Gasteiger partial charge on any atom is 0.168 e. The molecule has 0 atom stereocenters. The molecule has 0 unspecified atom stereocenters. The van der Waals surface area contributed by atoms with Crippen molar-refractivity contribution in [3.63, 3.8) is 0 Å². The zero-order chi connectivity index (χ0) is 16.7. The second-order valence-corrected chi connectivity index (χ2v) is 8.49. The number of thiophene rings is 1. The number of aryl methyl sites for hydroxylation is 1. The van der Waals surface area contributed by atoms with Crippen LogP contribution in [-0.4, -0.2) is 37.9 Å². The quantitative estimate of drug-likeness (QED) is 0.754. The van der Waals surface area contributed by atoms with Crippen molar-refractivity contribution in [1.29, 1.82) is 0 Å². The molecule has 4 nitrogen and oxygen atoms in total. The molecule has 1 saturated heterocycles. The summed E-state index contributed by atoms with van der Waals surface area (Å²) in [5.41, 5.74) is 2.24. The maximum atomic E-state index is 12.5. The summed E-state index contributed by atoms with van der Waals surface area (Å²) in [5.74, 6) is 0.0563. The summed E-state index contributed by atoms with van der Waals surface area (Å²) in [6, 6.07) is 0.513. The van der Waals surface area contributed by atoms with Crippen LogP contribution in [0.4, 0.5) is 5.00 Å². The number of fused-ring (bicyclic) bond motifs is 1. The van der Waals surface area contributed by atoms with Crippen LogP contribution >= 0.6 is 11.3 Å². The first-order chi connectivity index (χ1) is 11.6. The Hall–Kier alpha value is -0.910. The molecule has 0 radical (unpaired) electrons. The summed E-state index contributed by atoms with van der Waals surface area (Å²) in [6.07, 6.45) is 8.09. The Morgan fingerprint density at radius 2 is 1.79 bits per heavy atom. The third-order valence-corrected chi connectivity index (χ3v) is 7.37. The maximum absolute atomic E-state index is 12.5. The lowest BCUT2D eigenvalue weighted by Crippen LogP contribution is -2.42. The van der Waals surface area contributed by atoms with Crippen LogP contribution in [0.2, 0.25) is 0 Å². The van der Waals surface area contributed by atoms with E-state index in [1.807, 2.05) is 11.3 Å². The number of hydrogen-bond acceptors (Lipinski definition) is 5. The highest BCUT2D eigenvalue weighted by Gasteiger charge is 2.41. The fourth-order valence-corrected chi connectivity index (χ4v) is 5.91. The van der Waals surface area contributed by atoms with Crippen molar-refractivity contribution in [2.24, 2.45) is 0 Å². The van der Waals surface area contributed by atoms with Gasteiger partial charge < -0.3 is 14.4 Å². The number of anilines is 1. The Morgan fingerprint density at radius 3 is 2.50 bits per heavy atom. The molecule has 1 aliphatic heterocycles. The van der Waals surface area contributed by atoms with Crippen molar-refractivity contribution in [3.05, 3.63) is 16.0 Å². The molecule has 0 aromatic carbocycles. The van der Waals surface area contributed by atoms with Crippen LogP contribution in [0.15, 0.2) is 0 Å². The second kappa shape index (κ2) is 6.43. The molecule has 4 rings (SSSR count). The van der Waals surface area contributed by atoms with Crippen molar-refractivity contribution < 1.29 is 14.3 Å². The SMILES string of the molecule is Cc1c(N(C)C2CCC3(CC2)OCCO3)sc2c1C(=O)CCCC2. The molecule has 0 amide bonds. The van der Waals surface area contributed by atoms with Gasteiger partial charge in [0.25, 0.3) is 0 Å². The van der Waals surface area contributed by atoms with E-state index in [2.05, 4.69) is 18.9 Å². The molecule has 132 valence electrons. The van der Waals surface area contributed by atoms with Crippen LogP contribution in [-0.2, 0) is 15.9 Å². The predicted molar refractivity (Wildman–Crippen MR) is 96.2 cm³/mol. The summed E-state index contributed by atoms with van der Waals surface area (Å²) in [4.78, 5) is 16.2. The molecule has 1 aromatic rings. The van der Waals surface area contributed by atoms with Crippen LogP contribution in [0.5, 0.6) is 0 Å². The van der Waals surface area contributed by atoms with Crippen LogP contribution in [0.1, 0.15) is 65.7 Å². The number of ether oxygens (including phenoxy) is 2. The molecule has 24 heavy (non-hydrogen) atoms. The second-order valence-electron chi connectivity index (χ2n) is 7.41. The van der Waals surface area contributed by atoms with Gasteiger partial charge in [0.2, 0.25) is 0 Å². The molecule has 2 heterocycles. The third kappa shape index (κ3) is 2.80. The van der Waals surface area contributed by atoms with Gasteiger partial charge in [-0.3, -0.25) is 4.79 Å². The van der Waals surface area contributed by atoms with Crippen molar-refractivity contribution in [2.75, 3.05) is 25.2 Å². The lowest BCUT2D eigenvalue weighted by atomic mass is 9.89. The van der Waals surface area contributed by atoms with E-state index < -0.39 is 0 Å². The van der Waals surface area contributed by atoms with Crippen molar-refractivity contribution >= 4 is 22.1 Å². The van der Waals surface area contributed by atoms with Gasteiger partial charge in [0.1, 0.15) is 0 Å². The van der Waals surface area contributed by atoms with Gasteiger partial charge >= 0.3 is 0 Å². The predicted octanol–water partition coefficient (Wildman–Crippen LogP) is 4.09. The number of carbonyl (C=O) groups is 1. The molecule has 3 aliphatic rings. The molecular weight excluding hydrogens is 322 g/mol. The highest BCUT2D eigenvalue weighted by atomic mass is 32.1. The van der Waals surface area contributed by atoms with Gasteiger partial charge in [-0.1, -0.05) is 0 Å². The number of nitrogens with zero attached hydrogens (tertiary/aromatic N) is 1. The monoisotopic (exact) mass is 349 g/mol. The number of ketones is 1. The Bertz CT molecular complexity index is 623. The Morgan fingerprint density at radius 1 is 1.12 bits per heavy atom. The van der Waals surface area contributed by atoms with Crippen molar-refractivity contribution in [3.8, 4) is 0 Å². The molecule has 1 aromatic heterocycles. The van der Waals surface area contributed by atoms with Gasteiger partial charge in [-0.05, 0) is 44.6 Å². The normalized spacial score (nSPS) is 24.2. The molecule has 0 bridgehead atoms. The van der Waals surface area contributed by atoms with E-state index >= 15 is 0 Å². The molecule has 0 N–H and O–H groups in total. The van der Waals surface area contributed by atoms with Gasteiger partial charge in [-0.2, -0.15) is 0 Å². The third-order valence-electron chi connectivity index (χ3n) is 5.93. The highest BCUT2D eigenvalue weighted by molar-refractivity contribution is 7.16. The number of carbonyl (C=O) groups excluding carboxylic acids is 1. The fourth-order valence-electron chi connectivity index (χ4n) is 4.51. The molecular formula is C19H27NO3S. The molecule has 1 saturated carbocycles. The van der Waals surface area contributed by atoms with Crippen LogP contribution in [0.25, 0.3) is 0 Å². The standard InChI is InChI=1S/C19H27NO3S/c1-13-17-15(21)5-3-4-6-16(17)24-18(13)20(2)14-7-9-19(10-8-14)22-11-12-23-19/h14H,3-12H2,1-2H3. The average Bonchev–Trinajstić information content (AvgIpc) is 3.11. The van der Waals surface area contributed by atoms with Crippen molar-refractivity contribution in [1.82, 2.24) is 0 Å². The average molecular weight is 349 g/mol. The minimum Gasteiger partial charge on any atom is -0.363 e. The van der Waals surface area contributed by atoms with E-state index in [0.29, 0.717) is 18.2 Å². The smallest absolute Gasteiger partial charge is 0.168 e. The number of rotatable bonds is 2. The number of Topliss-reactive ketones (excluding diaryl/α,β-unsaturated/α-hetero) is 1. The van der Waals surface area contributed by atoms with E-state index in [9.17, 15) is 4.79 Å². The van der Waals surface area contributed by atoms with Crippen LogP contribution in [0, 0.1) is 6.92 Å². The molecule has 2 fully saturated rings. The summed E-state index contributed by atoms with van der Waals surface area (Å²) in [6.45, 7) is 3.61. The summed E-state index contributed by atoms with van der Waals surface area (Å²) < 4.78 is 11.7. The van der Waals surface area contributed by atoms with E-state index in [1.165, 1.54) is 15.4 Å². The molecule has 1 spiro atoms. The van der Waals surface area contributed by atoms with E-state index in [4.69, 9.17) is 9.47 Å². The number of hydrogen-bond donors (Lipinski definition) is 0. The first-order valence-corrected chi connectivity index (χ1v) is 10.1. The first-order valence-electron chi connectivity index (χ1n) is 9.26. The molecule has 5 heteroatoms. The van der Waals surface area contributed by atoms with Gasteiger partial charge in [0, 0.05) is 42.8 Å². The fraction of sp³-hybridized carbons (Fsp3) is 0.737. The van der Waals surface area contributed by atoms with Crippen molar-refractivity contribution in [2.45, 2.75) is 70.1 Å². The zero-order valence-corrected chi connectivity index (χ0v) is 15.5. The lowest BCUT2D eigenvalue weighted by molar-refractivity contribution is -0.178. The van der Waals surface area contributed by atoms with Crippen LogP contribution in [0.3, 0.4) is 0 Å².